The smallest absolute Gasteiger partial charge is 0.410 e. The Morgan fingerprint density at radius 2 is 1.56 bits per heavy atom. The molecule has 10 heteroatoms. The maximum atomic E-state index is 13.7. The molecule has 1 aliphatic heterocycles. The minimum absolute atomic E-state index is 0.0306. The molecule has 1 saturated carbocycles. The summed E-state index contributed by atoms with van der Waals surface area (Å²) >= 11 is 0. The zero-order valence-corrected chi connectivity index (χ0v) is 24.0. The monoisotopic (exact) mass is 544 g/mol. The Labute approximate surface area is 232 Å². The van der Waals surface area contributed by atoms with Gasteiger partial charge in [-0.1, -0.05) is 49.6 Å². The van der Waals surface area contributed by atoms with Gasteiger partial charge in [-0.2, -0.15) is 0 Å². The molecule has 3 rings (SSSR count). The van der Waals surface area contributed by atoms with E-state index in [9.17, 15) is 19.2 Å². The summed E-state index contributed by atoms with van der Waals surface area (Å²) < 4.78 is 10.8. The highest BCUT2D eigenvalue weighted by molar-refractivity contribution is 5.91. The first-order valence-corrected chi connectivity index (χ1v) is 14.0. The van der Waals surface area contributed by atoms with Gasteiger partial charge in [-0.05, 0) is 52.0 Å². The highest BCUT2D eigenvalue weighted by atomic mass is 16.6. The van der Waals surface area contributed by atoms with Crippen molar-refractivity contribution in [3.8, 4) is 0 Å². The van der Waals surface area contributed by atoms with Crippen molar-refractivity contribution in [3.63, 3.8) is 0 Å². The maximum Gasteiger partial charge on any atom is 0.410 e. The average Bonchev–Trinajstić information content (AvgIpc) is 2.93. The lowest BCUT2D eigenvalue weighted by molar-refractivity contribution is -0.140. The number of carbonyl (C=O) groups excluding carboxylic acids is 4. The average molecular weight is 545 g/mol. The van der Waals surface area contributed by atoms with E-state index in [1.54, 1.807) is 37.5 Å². The van der Waals surface area contributed by atoms with Crippen molar-refractivity contribution in [1.82, 2.24) is 20.0 Å². The summed E-state index contributed by atoms with van der Waals surface area (Å²) in [7, 11) is 1.52. The highest BCUT2D eigenvalue weighted by Gasteiger charge is 2.37. The van der Waals surface area contributed by atoms with Crippen LogP contribution < -0.4 is 5.32 Å². The Bertz CT molecular complexity index is 981. The number of ether oxygens (including phenoxy) is 2. The van der Waals surface area contributed by atoms with Gasteiger partial charge in [-0.15, -0.1) is 0 Å². The first-order valence-electron chi connectivity index (χ1n) is 14.0. The van der Waals surface area contributed by atoms with Crippen LogP contribution in [0.5, 0.6) is 0 Å². The first-order chi connectivity index (χ1) is 18.5. The van der Waals surface area contributed by atoms with Crippen molar-refractivity contribution < 1.29 is 28.7 Å². The first kappa shape index (κ1) is 30.2. The Kier molecular flexibility index (Phi) is 10.6. The van der Waals surface area contributed by atoms with E-state index in [0.717, 1.165) is 37.7 Å². The summed E-state index contributed by atoms with van der Waals surface area (Å²) in [6, 6.07) is 8.01. The summed E-state index contributed by atoms with van der Waals surface area (Å²) in [6.07, 6.45) is 3.87. The largest absolute Gasteiger partial charge is 0.445 e. The molecule has 0 aromatic heterocycles. The summed E-state index contributed by atoms with van der Waals surface area (Å²) in [4.78, 5) is 56.6. The SMILES string of the molecule is CC(C(=O)NC(C(=O)N1CCN(C(=O)OCc2ccccc2)CC1)C1CCCCC1)N(C)C(=O)OC(C)(C)C. The number of hydrogen-bond acceptors (Lipinski definition) is 6. The number of amides is 4. The molecule has 1 aromatic rings. The molecule has 10 nitrogen and oxygen atoms in total. The molecule has 39 heavy (non-hydrogen) atoms. The van der Waals surface area contributed by atoms with Crippen LogP contribution in [0.1, 0.15) is 65.4 Å². The predicted molar refractivity (Wildman–Crippen MR) is 147 cm³/mol. The van der Waals surface area contributed by atoms with Crippen molar-refractivity contribution >= 4 is 24.0 Å². The molecule has 2 aliphatic rings. The molecule has 1 aliphatic carbocycles. The zero-order chi connectivity index (χ0) is 28.6. The van der Waals surface area contributed by atoms with Gasteiger partial charge in [-0.3, -0.25) is 14.5 Å². The van der Waals surface area contributed by atoms with Gasteiger partial charge in [0, 0.05) is 33.2 Å². The molecular formula is C29H44N4O6. The molecule has 2 unspecified atom stereocenters. The molecule has 0 radical (unpaired) electrons. The van der Waals surface area contributed by atoms with Crippen molar-refractivity contribution in [2.24, 2.45) is 5.92 Å². The van der Waals surface area contributed by atoms with E-state index in [2.05, 4.69) is 5.32 Å². The Morgan fingerprint density at radius 3 is 2.15 bits per heavy atom. The predicted octanol–water partition coefficient (Wildman–Crippen LogP) is 3.79. The Morgan fingerprint density at radius 1 is 0.974 bits per heavy atom. The van der Waals surface area contributed by atoms with Crippen LogP contribution in [0.3, 0.4) is 0 Å². The van der Waals surface area contributed by atoms with Crippen LogP contribution in [0, 0.1) is 5.92 Å². The van der Waals surface area contributed by atoms with E-state index in [1.165, 1.54) is 11.9 Å². The van der Waals surface area contributed by atoms with E-state index >= 15 is 0 Å². The van der Waals surface area contributed by atoms with Gasteiger partial charge < -0.3 is 24.6 Å². The van der Waals surface area contributed by atoms with Crippen LogP contribution in [0.4, 0.5) is 9.59 Å². The zero-order valence-electron chi connectivity index (χ0n) is 24.0. The standard InChI is InChI=1S/C29H44N4O6/c1-21(31(5)27(36)39-29(2,3)4)25(34)30-24(23-14-10-7-11-15-23)26(35)32-16-18-33(19-17-32)28(37)38-20-22-12-8-6-9-13-22/h6,8-9,12-13,21,23-24H,7,10-11,14-20H2,1-5H3,(H,30,34). The number of likely N-dealkylation sites (N-methyl/N-ethyl adjacent to an activating group) is 1. The summed E-state index contributed by atoms with van der Waals surface area (Å²) in [5.41, 5.74) is 0.232. The van der Waals surface area contributed by atoms with Crippen LogP contribution in [0.2, 0.25) is 0 Å². The lowest BCUT2D eigenvalue weighted by atomic mass is 9.83. The second kappa shape index (κ2) is 13.7. The molecule has 1 heterocycles. The van der Waals surface area contributed by atoms with Crippen LogP contribution in [-0.2, 0) is 25.7 Å². The van der Waals surface area contributed by atoms with Crippen LogP contribution in [0.15, 0.2) is 30.3 Å². The van der Waals surface area contributed by atoms with E-state index in [1.807, 2.05) is 30.3 Å². The van der Waals surface area contributed by atoms with Crippen LogP contribution in [0.25, 0.3) is 0 Å². The second-order valence-corrected chi connectivity index (χ2v) is 11.5. The van der Waals surface area contributed by atoms with Gasteiger partial charge in [0.2, 0.25) is 11.8 Å². The van der Waals surface area contributed by atoms with Crippen LogP contribution in [-0.4, -0.2) is 89.6 Å². The highest BCUT2D eigenvalue weighted by Crippen LogP contribution is 2.28. The topological polar surface area (TPSA) is 108 Å². The van der Waals surface area contributed by atoms with Gasteiger partial charge >= 0.3 is 12.2 Å². The van der Waals surface area contributed by atoms with Crippen molar-refractivity contribution in [3.05, 3.63) is 35.9 Å². The summed E-state index contributed by atoms with van der Waals surface area (Å²) in [5.74, 6) is -0.502. The number of nitrogens with one attached hydrogen (secondary N) is 1. The molecule has 2 fully saturated rings. The number of benzene rings is 1. The lowest BCUT2D eigenvalue weighted by Crippen LogP contribution is -2.59. The third-order valence-electron chi connectivity index (χ3n) is 7.38. The lowest BCUT2D eigenvalue weighted by Gasteiger charge is -2.39. The third-order valence-corrected chi connectivity index (χ3v) is 7.38. The Hall–Kier alpha value is -3.30. The molecule has 216 valence electrons. The van der Waals surface area contributed by atoms with Crippen molar-refractivity contribution in [2.45, 2.75) is 84.1 Å². The van der Waals surface area contributed by atoms with Gasteiger partial charge in [0.1, 0.15) is 24.3 Å². The number of rotatable bonds is 7. The van der Waals surface area contributed by atoms with Gasteiger partial charge in [-0.25, -0.2) is 9.59 Å². The van der Waals surface area contributed by atoms with Gasteiger partial charge in [0.15, 0.2) is 0 Å². The molecule has 2 atom stereocenters. The number of carbonyl (C=O) groups is 4. The molecule has 1 saturated heterocycles. The van der Waals surface area contributed by atoms with Gasteiger partial charge in [0.05, 0.1) is 0 Å². The molecule has 1 N–H and O–H groups in total. The maximum absolute atomic E-state index is 13.7. The minimum atomic E-state index is -0.810. The van der Waals surface area contributed by atoms with E-state index in [0.29, 0.717) is 26.2 Å². The molecule has 4 amide bonds. The molecule has 0 spiro atoms. The van der Waals surface area contributed by atoms with E-state index in [4.69, 9.17) is 9.47 Å². The van der Waals surface area contributed by atoms with Crippen molar-refractivity contribution in [2.75, 3.05) is 33.2 Å². The fraction of sp³-hybridized carbons (Fsp3) is 0.655. The molecule has 0 bridgehead atoms. The summed E-state index contributed by atoms with van der Waals surface area (Å²) in [6.45, 7) is 8.59. The Balaban J connectivity index is 1.59. The van der Waals surface area contributed by atoms with E-state index < -0.39 is 35.8 Å². The molecule has 1 aromatic carbocycles. The number of hydrogen-bond donors (Lipinski definition) is 1. The minimum Gasteiger partial charge on any atom is -0.445 e. The number of nitrogens with zero attached hydrogens (tertiary/aromatic N) is 3. The molecular weight excluding hydrogens is 500 g/mol. The third kappa shape index (κ3) is 8.86. The van der Waals surface area contributed by atoms with Gasteiger partial charge in [0.25, 0.3) is 0 Å². The van der Waals surface area contributed by atoms with Crippen molar-refractivity contribution in [1.29, 1.82) is 0 Å². The van der Waals surface area contributed by atoms with Crippen LogP contribution >= 0.6 is 0 Å². The fourth-order valence-electron chi connectivity index (χ4n) is 4.91. The quantitative estimate of drug-likeness (QED) is 0.560. The second-order valence-electron chi connectivity index (χ2n) is 11.5. The summed E-state index contributed by atoms with van der Waals surface area (Å²) in [5, 5.41) is 2.97. The normalized spacial score (nSPS) is 18.1. The fourth-order valence-corrected chi connectivity index (χ4v) is 4.91. The van der Waals surface area contributed by atoms with E-state index in [-0.39, 0.29) is 18.4 Å². The number of piperazine rings is 1.